The molecule has 2 rings (SSSR count). The van der Waals surface area contributed by atoms with Crippen LogP contribution < -0.4 is 10.7 Å². The number of hydrogen-bond donors (Lipinski definition) is 2. The lowest BCUT2D eigenvalue weighted by atomic mass is 10.0. The molecule has 1 unspecified atom stereocenters. The fraction of sp³-hybridized carbons (Fsp3) is 0.211. The maximum atomic E-state index is 12.9. The zero-order valence-corrected chi connectivity index (χ0v) is 15.1. The summed E-state index contributed by atoms with van der Waals surface area (Å²) in [4.78, 5) is 24.7. The number of nitrogens with zero attached hydrogens (tertiary/aromatic N) is 1. The number of nitrogens with one attached hydrogen (secondary N) is 2. The van der Waals surface area contributed by atoms with Crippen molar-refractivity contribution in [1.29, 1.82) is 0 Å². The van der Waals surface area contributed by atoms with Crippen molar-refractivity contribution >= 4 is 29.6 Å². The van der Waals surface area contributed by atoms with Crippen molar-refractivity contribution < 1.29 is 14.0 Å². The minimum atomic E-state index is -0.771. The van der Waals surface area contributed by atoms with E-state index in [0.717, 1.165) is 0 Å². The Balaban J connectivity index is 2.00. The molecule has 2 amide bonds. The van der Waals surface area contributed by atoms with Crippen molar-refractivity contribution in [3.8, 4) is 0 Å². The van der Waals surface area contributed by atoms with Gasteiger partial charge in [-0.15, -0.1) is 0 Å². The molecular formula is C19H19ClFN3O2. The second-order valence-corrected chi connectivity index (χ2v) is 6.43. The van der Waals surface area contributed by atoms with Gasteiger partial charge in [0.15, 0.2) is 0 Å². The number of amides is 2. The molecule has 2 N–H and O–H groups in total. The first-order valence-electron chi connectivity index (χ1n) is 8.01. The van der Waals surface area contributed by atoms with Crippen LogP contribution in [0, 0.1) is 11.7 Å². The van der Waals surface area contributed by atoms with Crippen LogP contribution in [0.4, 0.5) is 4.39 Å². The van der Waals surface area contributed by atoms with Gasteiger partial charge in [-0.1, -0.05) is 43.6 Å². The van der Waals surface area contributed by atoms with Gasteiger partial charge in [0.05, 0.1) is 6.21 Å². The van der Waals surface area contributed by atoms with Crippen molar-refractivity contribution in [1.82, 2.24) is 10.7 Å². The summed E-state index contributed by atoms with van der Waals surface area (Å²) in [5.41, 5.74) is 3.39. The summed E-state index contributed by atoms with van der Waals surface area (Å²) in [6.07, 6.45) is 1.40. The highest BCUT2D eigenvalue weighted by atomic mass is 35.5. The minimum absolute atomic E-state index is 0.154. The van der Waals surface area contributed by atoms with Crippen LogP contribution in [0.1, 0.15) is 29.8 Å². The lowest BCUT2D eigenvalue weighted by molar-refractivity contribution is -0.123. The van der Waals surface area contributed by atoms with Crippen LogP contribution >= 0.6 is 11.6 Å². The first-order valence-corrected chi connectivity index (χ1v) is 8.39. The van der Waals surface area contributed by atoms with Gasteiger partial charge in [0.1, 0.15) is 11.9 Å². The predicted molar refractivity (Wildman–Crippen MR) is 99.7 cm³/mol. The van der Waals surface area contributed by atoms with Crippen LogP contribution in [0.25, 0.3) is 0 Å². The maximum absolute atomic E-state index is 12.9. The number of carbonyl (C=O) groups is 2. The smallest absolute Gasteiger partial charge is 0.262 e. The Morgan fingerprint density at radius 2 is 1.85 bits per heavy atom. The van der Waals surface area contributed by atoms with E-state index in [2.05, 4.69) is 15.8 Å². The molecular weight excluding hydrogens is 357 g/mol. The van der Waals surface area contributed by atoms with E-state index in [1.165, 1.54) is 36.5 Å². The van der Waals surface area contributed by atoms with E-state index >= 15 is 0 Å². The SMILES string of the molecule is CC(C)C(NC(=O)c1cccc(Cl)c1)C(=O)NN=Cc1ccc(F)cc1. The van der Waals surface area contributed by atoms with E-state index in [-0.39, 0.29) is 11.7 Å². The first kappa shape index (κ1) is 19.6. The molecule has 0 saturated carbocycles. The Bertz CT molecular complexity index is 807. The van der Waals surface area contributed by atoms with E-state index < -0.39 is 17.9 Å². The molecule has 0 saturated heterocycles. The van der Waals surface area contributed by atoms with E-state index in [4.69, 9.17) is 11.6 Å². The summed E-state index contributed by atoms with van der Waals surface area (Å²) < 4.78 is 12.9. The van der Waals surface area contributed by atoms with Crippen molar-refractivity contribution in [2.45, 2.75) is 19.9 Å². The van der Waals surface area contributed by atoms with Gasteiger partial charge in [0, 0.05) is 10.6 Å². The predicted octanol–water partition coefficient (Wildman–Crippen LogP) is 3.38. The summed E-state index contributed by atoms with van der Waals surface area (Å²) in [7, 11) is 0. The average molecular weight is 376 g/mol. The summed E-state index contributed by atoms with van der Waals surface area (Å²) >= 11 is 5.89. The van der Waals surface area contributed by atoms with E-state index in [1.54, 1.807) is 18.2 Å². The lowest BCUT2D eigenvalue weighted by Crippen LogP contribution is -2.48. The largest absolute Gasteiger partial charge is 0.340 e. The number of hydrazone groups is 1. The molecule has 2 aromatic rings. The molecule has 5 nitrogen and oxygen atoms in total. The molecule has 26 heavy (non-hydrogen) atoms. The standard InChI is InChI=1S/C19H19ClFN3O2/c1-12(2)17(23-18(25)14-4-3-5-15(20)10-14)19(26)24-22-11-13-6-8-16(21)9-7-13/h3-12,17H,1-2H3,(H,23,25)(H,24,26). The minimum Gasteiger partial charge on any atom is -0.340 e. The molecule has 0 spiro atoms. The summed E-state index contributed by atoms with van der Waals surface area (Å²) in [6, 6.07) is 11.4. The molecule has 0 bridgehead atoms. The van der Waals surface area contributed by atoms with Gasteiger partial charge in [-0.05, 0) is 41.8 Å². The first-order chi connectivity index (χ1) is 12.4. The van der Waals surface area contributed by atoms with Gasteiger partial charge in [0.2, 0.25) is 0 Å². The van der Waals surface area contributed by atoms with E-state index in [0.29, 0.717) is 16.1 Å². The maximum Gasteiger partial charge on any atom is 0.262 e. The quantitative estimate of drug-likeness (QED) is 0.600. The normalized spacial score (nSPS) is 12.2. The third kappa shape index (κ3) is 5.67. The second kappa shape index (κ2) is 9.10. The van der Waals surface area contributed by atoms with Crippen molar-refractivity contribution in [3.05, 3.63) is 70.5 Å². The molecule has 1 atom stereocenters. The number of rotatable bonds is 6. The van der Waals surface area contributed by atoms with Crippen LogP contribution in [0.2, 0.25) is 5.02 Å². The zero-order chi connectivity index (χ0) is 19.1. The van der Waals surface area contributed by atoms with Gasteiger partial charge in [-0.2, -0.15) is 5.10 Å². The Morgan fingerprint density at radius 1 is 1.15 bits per heavy atom. The topological polar surface area (TPSA) is 70.6 Å². The van der Waals surface area contributed by atoms with Crippen LogP contribution in [0.15, 0.2) is 53.6 Å². The molecule has 0 aliphatic rings. The van der Waals surface area contributed by atoms with E-state index in [1.807, 2.05) is 13.8 Å². The number of hydrogen-bond acceptors (Lipinski definition) is 3. The van der Waals surface area contributed by atoms with Crippen molar-refractivity contribution in [3.63, 3.8) is 0 Å². The molecule has 2 aromatic carbocycles. The molecule has 0 aromatic heterocycles. The van der Waals surface area contributed by atoms with Gasteiger partial charge in [-0.25, -0.2) is 9.82 Å². The van der Waals surface area contributed by atoms with Gasteiger partial charge in [0.25, 0.3) is 11.8 Å². The van der Waals surface area contributed by atoms with Gasteiger partial charge < -0.3 is 5.32 Å². The van der Waals surface area contributed by atoms with Crippen LogP contribution in [0.5, 0.6) is 0 Å². The highest BCUT2D eigenvalue weighted by Gasteiger charge is 2.24. The van der Waals surface area contributed by atoms with Gasteiger partial charge in [-0.3, -0.25) is 9.59 Å². The Hall–Kier alpha value is -2.73. The molecule has 0 radical (unpaired) electrons. The Morgan fingerprint density at radius 3 is 2.46 bits per heavy atom. The van der Waals surface area contributed by atoms with Crippen LogP contribution in [0.3, 0.4) is 0 Å². The fourth-order valence-electron chi connectivity index (χ4n) is 2.18. The van der Waals surface area contributed by atoms with Crippen molar-refractivity contribution in [2.75, 3.05) is 0 Å². The van der Waals surface area contributed by atoms with Crippen LogP contribution in [-0.2, 0) is 4.79 Å². The number of benzene rings is 2. The molecule has 136 valence electrons. The molecule has 0 aliphatic heterocycles. The molecule has 0 heterocycles. The van der Waals surface area contributed by atoms with Crippen LogP contribution in [-0.4, -0.2) is 24.1 Å². The van der Waals surface area contributed by atoms with Crippen molar-refractivity contribution in [2.24, 2.45) is 11.0 Å². The highest BCUT2D eigenvalue weighted by Crippen LogP contribution is 2.11. The fourth-order valence-corrected chi connectivity index (χ4v) is 2.37. The molecule has 0 fully saturated rings. The zero-order valence-electron chi connectivity index (χ0n) is 14.4. The summed E-state index contributed by atoms with van der Waals surface area (Å²) in [5.74, 6) is -1.36. The third-order valence-corrected chi connectivity index (χ3v) is 3.82. The highest BCUT2D eigenvalue weighted by molar-refractivity contribution is 6.31. The molecule has 0 aliphatic carbocycles. The number of halogens is 2. The average Bonchev–Trinajstić information content (AvgIpc) is 2.60. The Labute approximate surface area is 156 Å². The van der Waals surface area contributed by atoms with Gasteiger partial charge >= 0.3 is 0 Å². The monoisotopic (exact) mass is 375 g/mol. The summed E-state index contributed by atoms with van der Waals surface area (Å²) in [5, 5.41) is 6.97. The van der Waals surface area contributed by atoms with E-state index in [9.17, 15) is 14.0 Å². The second-order valence-electron chi connectivity index (χ2n) is 5.99. The third-order valence-electron chi connectivity index (χ3n) is 3.58. The Kier molecular flexibility index (Phi) is 6.86. The molecule has 7 heteroatoms. The summed E-state index contributed by atoms with van der Waals surface area (Å²) in [6.45, 7) is 3.62. The number of carbonyl (C=O) groups excluding carboxylic acids is 2. The lowest BCUT2D eigenvalue weighted by Gasteiger charge is -2.20.